The lowest BCUT2D eigenvalue weighted by atomic mass is 10.4. The number of thioether (sulfide) groups is 1. The van der Waals surface area contributed by atoms with E-state index >= 15 is 0 Å². The molecule has 0 bridgehead atoms. The number of hydrogen-bond acceptors (Lipinski definition) is 2. The molecule has 3 heteroatoms. The van der Waals surface area contributed by atoms with E-state index in [9.17, 15) is 0 Å². The minimum atomic E-state index is 0.176. The Kier molecular flexibility index (Phi) is 6.17. The zero-order chi connectivity index (χ0) is 7.98. The van der Waals surface area contributed by atoms with Crippen LogP contribution in [0.5, 0.6) is 0 Å². The molecule has 0 aliphatic rings. The average Bonchev–Trinajstić information content (AvgIpc) is 1.88. The molecule has 0 amide bonds. The number of aliphatic hydroxyl groups is 1. The number of aliphatic hydroxyl groups excluding tert-OH is 1. The first-order valence-electron chi connectivity index (χ1n) is 2.99. The third-order valence-corrected chi connectivity index (χ3v) is 2.73. The average molecular weight is 223 g/mol. The topological polar surface area (TPSA) is 20.2 Å². The van der Waals surface area contributed by atoms with Crippen LogP contribution in [0.25, 0.3) is 0 Å². The summed E-state index contributed by atoms with van der Waals surface area (Å²) in [6.45, 7) is 5.89. The predicted molar refractivity (Wildman–Crippen MR) is 51.1 cm³/mol. The van der Waals surface area contributed by atoms with Crippen LogP contribution in [0.3, 0.4) is 0 Å². The number of halogens is 1. The Balaban J connectivity index is 3.58. The van der Waals surface area contributed by atoms with Crippen LogP contribution in [-0.4, -0.2) is 11.7 Å². The normalized spacial score (nSPS) is 11.7. The smallest absolute Gasteiger partial charge is 0.0505 e. The fraction of sp³-hybridized carbons (Fsp3) is 0.429. The lowest BCUT2D eigenvalue weighted by molar-refractivity contribution is 0.302. The van der Waals surface area contributed by atoms with Gasteiger partial charge in [0.25, 0.3) is 0 Å². The molecule has 0 heterocycles. The van der Waals surface area contributed by atoms with Gasteiger partial charge in [-0.05, 0) is 27.8 Å². The van der Waals surface area contributed by atoms with E-state index in [1.54, 1.807) is 11.8 Å². The first kappa shape index (κ1) is 10.3. The van der Waals surface area contributed by atoms with Crippen molar-refractivity contribution in [3.05, 3.63) is 21.4 Å². The van der Waals surface area contributed by atoms with Crippen LogP contribution >= 0.6 is 27.7 Å². The van der Waals surface area contributed by atoms with Gasteiger partial charge in [-0.15, -0.1) is 0 Å². The highest BCUT2D eigenvalue weighted by molar-refractivity contribution is 9.14. The largest absolute Gasteiger partial charge is 0.396 e. The van der Waals surface area contributed by atoms with Crippen molar-refractivity contribution in [2.75, 3.05) is 6.61 Å². The van der Waals surface area contributed by atoms with Gasteiger partial charge in [-0.1, -0.05) is 24.4 Å². The Morgan fingerprint density at radius 3 is 2.80 bits per heavy atom. The predicted octanol–water partition coefficient (Wildman–Crippen LogP) is 2.87. The van der Waals surface area contributed by atoms with Gasteiger partial charge in [-0.25, -0.2) is 0 Å². The van der Waals surface area contributed by atoms with Crippen LogP contribution < -0.4 is 0 Å². The van der Waals surface area contributed by atoms with Gasteiger partial charge >= 0.3 is 0 Å². The van der Waals surface area contributed by atoms with Crippen molar-refractivity contribution >= 4 is 27.7 Å². The summed E-state index contributed by atoms with van der Waals surface area (Å²) in [6.07, 6.45) is 2.61. The van der Waals surface area contributed by atoms with Crippen LogP contribution in [0.2, 0.25) is 0 Å². The van der Waals surface area contributed by atoms with E-state index in [0.717, 1.165) is 8.72 Å². The van der Waals surface area contributed by atoms with Gasteiger partial charge in [0.2, 0.25) is 0 Å². The first-order valence-corrected chi connectivity index (χ1v) is 4.60. The molecule has 0 spiro atoms. The molecule has 0 saturated carbocycles. The molecule has 0 saturated heterocycles. The van der Waals surface area contributed by atoms with E-state index in [2.05, 4.69) is 22.5 Å². The molecule has 0 aliphatic carbocycles. The summed E-state index contributed by atoms with van der Waals surface area (Å²) in [7, 11) is 0. The van der Waals surface area contributed by atoms with Gasteiger partial charge in [0.05, 0.1) is 3.81 Å². The summed E-state index contributed by atoms with van der Waals surface area (Å²) in [5, 5.41) is 8.51. The second-order valence-corrected chi connectivity index (χ2v) is 4.31. The molecule has 1 N–H and O–H groups in total. The number of allylic oxidation sites excluding steroid dienone is 1. The highest BCUT2D eigenvalue weighted by atomic mass is 79.9. The van der Waals surface area contributed by atoms with Gasteiger partial charge < -0.3 is 5.11 Å². The van der Waals surface area contributed by atoms with E-state index in [4.69, 9.17) is 5.11 Å². The molecule has 0 aromatic heterocycles. The maximum Gasteiger partial charge on any atom is 0.0505 e. The molecule has 58 valence electrons. The van der Waals surface area contributed by atoms with Crippen molar-refractivity contribution in [1.29, 1.82) is 0 Å². The summed E-state index contributed by atoms with van der Waals surface area (Å²) >= 11 is 4.88. The number of rotatable bonds is 4. The fourth-order valence-electron chi connectivity index (χ4n) is 0.373. The van der Waals surface area contributed by atoms with Crippen LogP contribution in [-0.2, 0) is 0 Å². The van der Waals surface area contributed by atoms with Crippen molar-refractivity contribution < 1.29 is 5.11 Å². The van der Waals surface area contributed by atoms with Crippen LogP contribution in [0.15, 0.2) is 21.4 Å². The van der Waals surface area contributed by atoms with Gasteiger partial charge in [0.1, 0.15) is 0 Å². The van der Waals surface area contributed by atoms with Crippen molar-refractivity contribution in [3.8, 4) is 0 Å². The molecular weight excluding hydrogens is 212 g/mol. The zero-order valence-corrected chi connectivity index (χ0v) is 8.33. The lowest BCUT2D eigenvalue weighted by Crippen LogP contribution is -1.81. The van der Waals surface area contributed by atoms with Crippen molar-refractivity contribution in [3.63, 3.8) is 0 Å². The van der Waals surface area contributed by atoms with Gasteiger partial charge in [-0.3, -0.25) is 0 Å². The van der Waals surface area contributed by atoms with E-state index in [1.165, 1.54) is 0 Å². The Labute approximate surface area is 74.3 Å². The van der Waals surface area contributed by atoms with Gasteiger partial charge in [0, 0.05) is 13.0 Å². The lowest BCUT2D eigenvalue weighted by Gasteiger charge is -1.99. The molecule has 10 heavy (non-hydrogen) atoms. The second-order valence-electron chi connectivity index (χ2n) is 1.71. The molecule has 0 rings (SSSR count). The standard InChI is InChI=1S/C7H11BrOS/c1-3-7(8)10-6(2)4-5-9/h3,9H,2,4-5H2,1H3/b7-3-. The quantitative estimate of drug-likeness (QED) is 0.790. The van der Waals surface area contributed by atoms with E-state index in [-0.39, 0.29) is 6.61 Å². The van der Waals surface area contributed by atoms with Crippen molar-refractivity contribution in [2.45, 2.75) is 13.3 Å². The molecule has 0 aliphatic heterocycles. The van der Waals surface area contributed by atoms with Crippen molar-refractivity contribution in [1.82, 2.24) is 0 Å². The van der Waals surface area contributed by atoms with E-state index in [1.807, 2.05) is 13.0 Å². The highest BCUT2D eigenvalue weighted by Gasteiger charge is 1.95. The molecule has 0 fully saturated rings. The zero-order valence-electron chi connectivity index (χ0n) is 5.93. The van der Waals surface area contributed by atoms with E-state index in [0.29, 0.717) is 6.42 Å². The van der Waals surface area contributed by atoms with Gasteiger partial charge in [0.15, 0.2) is 0 Å². The fourth-order valence-corrected chi connectivity index (χ4v) is 1.65. The van der Waals surface area contributed by atoms with Crippen LogP contribution in [0.1, 0.15) is 13.3 Å². The third kappa shape index (κ3) is 5.09. The van der Waals surface area contributed by atoms with E-state index < -0.39 is 0 Å². The molecule has 0 aromatic rings. The SMILES string of the molecule is C=C(CCO)S/C(Br)=C\C. The van der Waals surface area contributed by atoms with Crippen LogP contribution in [0, 0.1) is 0 Å². The summed E-state index contributed by atoms with van der Waals surface area (Å²) in [5.74, 6) is 0. The summed E-state index contributed by atoms with van der Waals surface area (Å²) in [6, 6.07) is 0. The molecule has 1 nitrogen and oxygen atoms in total. The maximum absolute atomic E-state index is 8.51. The minimum Gasteiger partial charge on any atom is -0.396 e. The molecule has 0 aromatic carbocycles. The Morgan fingerprint density at radius 2 is 2.40 bits per heavy atom. The Hall–Kier alpha value is 0.270. The van der Waals surface area contributed by atoms with Crippen molar-refractivity contribution in [2.24, 2.45) is 0 Å². The summed E-state index contributed by atoms with van der Waals surface area (Å²) in [4.78, 5) is 0.979. The minimum absolute atomic E-state index is 0.176. The maximum atomic E-state index is 8.51. The van der Waals surface area contributed by atoms with Crippen LogP contribution in [0.4, 0.5) is 0 Å². The summed E-state index contributed by atoms with van der Waals surface area (Å²) < 4.78 is 1.05. The molecular formula is C7H11BrOS. The molecule has 0 atom stereocenters. The Bertz CT molecular complexity index is 143. The monoisotopic (exact) mass is 222 g/mol. The first-order chi connectivity index (χ1) is 4.70. The number of hydrogen-bond donors (Lipinski definition) is 1. The molecule has 0 unspecified atom stereocenters. The van der Waals surface area contributed by atoms with Gasteiger partial charge in [-0.2, -0.15) is 0 Å². The molecule has 0 radical (unpaired) electrons. The Morgan fingerprint density at radius 1 is 1.80 bits per heavy atom. The highest BCUT2D eigenvalue weighted by Crippen LogP contribution is 2.29. The third-order valence-electron chi connectivity index (χ3n) is 0.859. The second kappa shape index (κ2) is 6.01. The summed E-state index contributed by atoms with van der Waals surface area (Å²) in [5.41, 5.74) is 0.